The van der Waals surface area contributed by atoms with Crippen LogP contribution in [0.4, 0.5) is 0 Å². The Labute approximate surface area is 166 Å². The molecule has 2 fully saturated rings. The smallest absolute Gasteiger partial charge is 0.191 e. The van der Waals surface area contributed by atoms with Crippen molar-refractivity contribution in [3.63, 3.8) is 0 Å². The van der Waals surface area contributed by atoms with Gasteiger partial charge in [-0.3, -0.25) is 4.99 Å². The van der Waals surface area contributed by atoms with E-state index in [0.717, 1.165) is 55.9 Å². The fourth-order valence-electron chi connectivity index (χ4n) is 3.76. The molecular formula is C20H30ClN3OS. The van der Waals surface area contributed by atoms with Crippen molar-refractivity contribution < 1.29 is 4.74 Å². The van der Waals surface area contributed by atoms with Crippen LogP contribution in [0.25, 0.3) is 0 Å². The summed E-state index contributed by atoms with van der Waals surface area (Å²) in [5.41, 5.74) is 1.16. The van der Waals surface area contributed by atoms with Crippen molar-refractivity contribution in [1.29, 1.82) is 0 Å². The van der Waals surface area contributed by atoms with Crippen molar-refractivity contribution in [1.82, 2.24) is 10.6 Å². The predicted octanol–water partition coefficient (Wildman–Crippen LogP) is 3.84. The van der Waals surface area contributed by atoms with Crippen LogP contribution in [0, 0.1) is 0 Å². The topological polar surface area (TPSA) is 45.7 Å². The highest BCUT2D eigenvalue weighted by Crippen LogP contribution is 2.38. The first-order valence-corrected chi connectivity index (χ1v) is 11.2. The molecule has 1 unspecified atom stereocenters. The van der Waals surface area contributed by atoms with Crippen LogP contribution >= 0.6 is 23.4 Å². The zero-order valence-electron chi connectivity index (χ0n) is 15.6. The number of thioether (sulfide) groups is 1. The Morgan fingerprint density at radius 1 is 1.35 bits per heavy atom. The highest BCUT2D eigenvalue weighted by atomic mass is 35.5. The fraction of sp³-hybridized carbons (Fsp3) is 0.650. The first-order valence-electron chi connectivity index (χ1n) is 9.69. The molecule has 1 atom stereocenters. The van der Waals surface area contributed by atoms with Gasteiger partial charge in [-0.25, -0.2) is 0 Å². The van der Waals surface area contributed by atoms with E-state index in [1.807, 2.05) is 23.9 Å². The van der Waals surface area contributed by atoms with Crippen LogP contribution in [0.15, 0.2) is 29.3 Å². The summed E-state index contributed by atoms with van der Waals surface area (Å²) in [5.74, 6) is 3.37. The summed E-state index contributed by atoms with van der Waals surface area (Å²) in [6.45, 7) is 5.25. The Morgan fingerprint density at radius 2 is 2.15 bits per heavy atom. The summed E-state index contributed by atoms with van der Waals surface area (Å²) in [5, 5.41) is 7.89. The normalized spacial score (nSPS) is 23.5. The molecule has 26 heavy (non-hydrogen) atoms. The lowest BCUT2D eigenvalue weighted by Crippen LogP contribution is -2.46. The summed E-state index contributed by atoms with van der Waals surface area (Å²) >= 11 is 8.58. The van der Waals surface area contributed by atoms with E-state index in [4.69, 9.17) is 21.3 Å². The maximum absolute atomic E-state index is 6.56. The summed E-state index contributed by atoms with van der Waals surface area (Å²) in [7, 11) is 0. The van der Waals surface area contributed by atoms with Crippen molar-refractivity contribution in [2.45, 2.75) is 44.1 Å². The molecule has 1 aromatic rings. The van der Waals surface area contributed by atoms with E-state index < -0.39 is 0 Å². The molecule has 0 saturated carbocycles. The van der Waals surface area contributed by atoms with E-state index in [-0.39, 0.29) is 5.41 Å². The molecule has 6 heteroatoms. The van der Waals surface area contributed by atoms with Gasteiger partial charge in [0.25, 0.3) is 0 Å². The first-order chi connectivity index (χ1) is 12.7. The summed E-state index contributed by atoms with van der Waals surface area (Å²) in [6, 6.07) is 8.72. The van der Waals surface area contributed by atoms with Crippen LogP contribution in [-0.2, 0) is 10.2 Å². The molecule has 0 aromatic heterocycles. The minimum atomic E-state index is -0.0414. The fourth-order valence-corrected chi connectivity index (χ4v) is 5.17. The molecule has 3 rings (SSSR count). The monoisotopic (exact) mass is 395 g/mol. The number of aliphatic imine (C=N–C) groups is 1. The average molecular weight is 396 g/mol. The molecule has 2 heterocycles. The maximum Gasteiger partial charge on any atom is 0.191 e. The summed E-state index contributed by atoms with van der Waals surface area (Å²) in [6.07, 6.45) is 4.42. The average Bonchev–Trinajstić information content (AvgIpc) is 2.68. The number of guanidine groups is 1. The standard InChI is InChI=1S/C20H30ClN3OS/c1-2-22-19(24-16-6-5-13-26-14-16)23-15-20(9-11-25-12-10-20)17-7-3-4-8-18(17)21/h3-4,7-8,16H,2,5-6,9-15H2,1H3,(H2,22,23,24). The Morgan fingerprint density at radius 3 is 2.85 bits per heavy atom. The second kappa shape index (κ2) is 9.86. The highest BCUT2D eigenvalue weighted by molar-refractivity contribution is 7.99. The van der Waals surface area contributed by atoms with Gasteiger partial charge < -0.3 is 15.4 Å². The predicted molar refractivity (Wildman–Crippen MR) is 113 cm³/mol. The van der Waals surface area contributed by atoms with Gasteiger partial charge in [0.2, 0.25) is 0 Å². The Hall–Kier alpha value is -0.910. The zero-order valence-corrected chi connectivity index (χ0v) is 17.2. The zero-order chi connectivity index (χ0) is 18.2. The number of benzene rings is 1. The number of rotatable bonds is 5. The molecule has 1 aromatic carbocycles. The van der Waals surface area contributed by atoms with E-state index in [0.29, 0.717) is 6.04 Å². The van der Waals surface area contributed by atoms with Crippen LogP contribution in [0.1, 0.15) is 38.2 Å². The van der Waals surface area contributed by atoms with E-state index in [1.54, 1.807) is 0 Å². The van der Waals surface area contributed by atoms with Crippen molar-refractivity contribution in [3.8, 4) is 0 Å². The second-order valence-electron chi connectivity index (χ2n) is 7.13. The quantitative estimate of drug-likeness (QED) is 0.587. The van der Waals surface area contributed by atoms with Crippen LogP contribution in [0.3, 0.4) is 0 Å². The van der Waals surface area contributed by atoms with E-state index >= 15 is 0 Å². The minimum Gasteiger partial charge on any atom is -0.381 e. The Balaban J connectivity index is 1.78. The lowest BCUT2D eigenvalue weighted by Gasteiger charge is -2.37. The van der Waals surface area contributed by atoms with Crippen molar-refractivity contribution >= 4 is 29.3 Å². The second-order valence-corrected chi connectivity index (χ2v) is 8.68. The Bertz CT molecular complexity index is 598. The Kier molecular flexibility index (Phi) is 7.52. The molecule has 0 amide bonds. The number of hydrogen-bond donors (Lipinski definition) is 2. The van der Waals surface area contributed by atoms with Gasteiger partial charge in [0, 0.05) is 42.0 Å². The van der Waals surface area contributed by atoms with Crippen molar-refractivity contribution in [2.75, 3.05) is 37.8 Å². The third kappa shape index (κ3) is 5.08. The molecule has 2 aliphatic rings. The van der Waals surface area contributed by atoms with Crippen molar-refractivity contribution in [2.24, 2.45) is 4.99 Å². The molecule has 0 radical (unpaired) electrons. The molecule has 0 bridgehead atoms. The highest BCUT2D eigenvalue weighted by Gasteiger charge is 2.36. The number of halogens is 1. The molecule has 144 valence electrons. The number of ether oxygens (including phenoxy) is 1. The van der Waals surface area contributed by atoms with E-state index in [1.165, 1.54) is 24.2 Å². The number of hydrogen-bond acceptors (Lipinski definition) is 3. The largest absolute Gasteiger partial charge is 0.381 e. The van der Waals surface area contributed by atoms with Gasteiger partial charge in [-0.2, -0.15) is 11.8 Å². The van der Waals surface area contributed by atoms with Crippen LogP contribution < -0.4 is 10.6 Å². The number of nitrogens with zero attached hydrogens (tertiary/aromatic N) is 1. The molecule has 4 nitrogen and oxygen atoms in total. The van der Waals surface area contributed by atoms with Gasteiger partial charge >= 0.3 is 0 Å². The van der Waals surface area contributed by atoms with E-state index in [9.17, 15) is 0 Å². The third-order valence-corrected chi connectivity index (χ3v) is 6.83. The van der Waals surface area contributed by atoms with Gasteiger partial charge in [-0.1, -0.05) is 29.8 Å². The number of nitrogens with one attached hydrogen (secondary N) is 2. The van der Waals surface area contributed by atoms with Crippen LogP contribution in [0.2, 0.25) is 5.02 Å². The minimum absolute atomic E-state index is 0.0414. The third-order valence-electron chi connectivity index (χ3n) is 5.28. The first kappa shape index (κ1) is 19.8. The lowest BCUT2D eigenvalue weighted by atomic mass is 9.74. The van der Waals surface area contributed by atoms with Gasteiger partial charge in [-0.15, -0.1) is 0 Å². The SMILES string of the molecule is CCNC(=NCC1(c2ccccc2Cl)CCOCC1)NC1CCCSC1. The van der Waals surface area contributed by atoms with Crippen LogP contribution in [0.5, 0.6) is 0 Å². The van der Waals surface area contributed by atoms with Gasteiger partial charge in [0.05, 0.1) is 6.54 Å². The molecule has 2 aliphatic heterocycles. The lowest BCUT2D eigenvalue weighted by molar-refractivity contribution is 0.0531. The molecular weight excluding hydrogens is 366 g/mol. The van der Waals surface area contributed by atoms with Crippen molar-refractivity contribution in [3.05, 3.63) is 34.9 Å². The van der Waals surface area contributed by atoms with E-state index in [2.05, 4.69) is 29.7 Å². The van der Waals surface area contributed by atoms with Gasteiger partial charge in [-0.05, 0) is 50.0 Å². The summed E-state index contributed by atoms with van der Waals surface area (Å²) in [4.78, 5) is 4.99. The van der Waals surface area contributed by atoms with Gasteiger partial charge in [0.15, 0.2) is 5.96 Å². The summed E-state index contributed by atoms with van der Waals surface area (Å²) < 4.78 is 5.64. The van der Waals surface area contributed by atoms with Crippen LogP contribution in [-0.4, -0.2) is 49.8 Å². The molecule has 0 spiro atoms. The molecule has 2 saturated heterocycles. The molecule has 0 aliphatic carbocycles. The van der Waals surface area contributed by atoms with Gasteiger partial charge in [0.1, 0.15) is 0 Å². The maximum atomic E-state index is 6.56. The molecule has 2 N–H and O–H groups in total.